The van der Waals surface area contributed by atoms with Crippen LogP contribution in [0.4, 0.5) is 5.69 Å². The van der Waals surface area contributed by atoms with E-state index in [0.717, 1.165) is 11.1 Å². The zero-order chi connectivity index (χ0) is 14.7. The van der Waals surface area contributed by atoms with Crippen molar-refractivity contribution in [2.24, 2.45) is 0 Å². The fourth-order valence-electron chi connectivity index (χ4n) is 2.08. The van der Waals surface area contributed by atoms with E-state index in [2.05, 4.69) is 15.9 Å². The van der Waals surface area contributed by atoms with Crippen LogP contribution in [0.3, 0.4) is 0 Å². The minimum Gasteiger partial charge on any atom is -0.258 e. The minimum absolute atomic E-state index is 0.0593. The lowest BCUT2D eigenvalue weighted by Gasteiger charge is -2.13. The highest BCUT2D eigenvalue weighted by molar-refractivity contribution is 9.09. The number of hydrogen-bond acceptors (Lipinski definition) is 2. The van der Waals surface area contributed by atoms with Crippen LogP contribution in [-0.4, -0.2) is 4.92 Å². The van der Waals surface area contributed by atoms with Gasteiger partial charge in [0, 0.05) is 21.5 Å². The Balaban J connectivity index is 2.30. The van der Waals surface area contributed by atoms with Crippen molar-refractivity contribution in [3.63, 3.8) is 0 Å². The van der Waals surface area contributed by atoms with Crippen LogP contribution in [0.2, 0.25) is 5.02 Å². The molecule has 0 spiro atoms. The van der Waals surface area contributed by atoms with Crippen LogP contribution in [0.1, 0.15) is 21.5 Å². The molecule has 20 heavy (non-hydrogen) atoms. The second-order valence-electron chi connectivity index (χ2n) is 4.54. The van der Waals surface area contributed by atoms with E-state index in [0.29, 0.717) is 17.0 Å². The second-order valence-corrected chi connectivity index (χ2v) is 6.02. The predicted molar refractivity (Wildman–Crippen MR) is 84.7 cm³/mol. The summed E-state index contributed by atoms with van der Waals surface area (Å²) in [4.78, 5) is 10.6. The van der Waals surface area contributed by atoms with Gasteiger partial charge in [-0.2, -0.15) is 0 Å². The van der Waals surface area contributed by atoms with Crippen molar-refractivity contribution in [1.82, 2.24) is 0 Å². The van der Waals surface area contributed by atoms with Crippen LogP contribution in [-0.2, 0) is 6.42 Å². The molecule has 0 saturated carbocycles. The van der Waals surface area contributed by atoms with E-state index < -0.39 is 0 Å². The molecule has 0 aliphatic rings. The van der Waals surface area contributed by atoms with Crippen molar-refractivity contribution in [2.75, 3.05) is 0 Å². The molecule has 0 bridgehead atoms. The highest BCUT2D eigenvalue weighted by atomic mass is 79.9. The first-order valence-corrected chi connectivity index (χ1v) is 7.41. The van der Waals surface area contributed by atoms with Gasteiger partial charge in [0.05, 0.1) is 4.92 Å². The molecule has 2 rings (SSSR count). The van der Waals surface area contributed by atoms with Crippen molar-refractivity contribution >= 4 is 33.2 Å². The number of nitrogens with zero attached hydrogens (tertiary/aromatic N) is 1. The summed E-state index contributed by atoms with van der Waals surface area (Å²) in [7, 11) is 0. The summed E-state index contributed by atoms with van der Waals surface area (Å²) in [6, 6.07) is 12.6. The van der Waals surface area contributed by atoms with Crippen LogP contribution < -0.4 is 0 Å². The predicted octanol–water partition coefficient (Wildman–Crippen LogP) is 5.24. The van der Waals surface area contributed by atoms with Crippen molar-refractivity contribution < 1.29 is 4.92 Å². The average Bonchev–Trinajstić information content (AvgIpc) is 2.42. The smallest absolute Gasteiger partial charge is 0.258 e. The minimum atomic E-state index is -0.354. The number of aryl methyl sites for hydroxylation is 1. The van der Waals surface area contributed by atoms with Gasteiger partial charge in [0.25, 0.3) is 5.69 Å². The van der Waals surface area contributed by atoms with Crippen molar-refractivity contribution in [3.05, 3.63) is 74.3 Å². The molecular weight excluding hydrogens is 342 g/mol. The van der Waals surface area contributed by atoms with Gasteiger partial charge in [0.2, 0.25) is 0 Å². The highest BCUT2D eigenvalue weighted by Gasteiger charge is 2.19. The maximum atomic E-state index is 11.0. The van der Waals surface area contributed by atoms with Gasteiger partial charge in [-0.3, -0.25) is 10.1 Å². The molecule has 2 aromatic rings. The molecular formula is C15H13BrClNO2. The number of nitro benzene ring substituents is 1. The fraction of sp³-hybridized carbons (Fsp3) is 0.200. The SMILES string of the molecule is Cc1cccc(C(Br)Cc2ccccc2[N+](=O)[O-])c1Cl. The molecule has 1 atom stereocenters. The molecule has 2 aromatic carbocycles. The third-order valence-corrected chi connectivity index (χ3v) is 4.48. The quantitative estimate of drug-likeness (QED) is 0.428. The van der Waals surface area contributed by atoms with Crippen LogP contribution in [0.15, 0.2) is 42.5 Å². The van der Waals surface area contributed by atoms with Gasteiger partial charge in [-0.25, -0.2) is 0 Å². The Labute approximate surface area is 130 Å². The van der Waals surface area contributed by atoms with E-state index >= 15 is 0 Å². The van der Waals surface area contributed by atoms with E-state index in [1.807, 2.05) is 25.1 Å². The molecule has 0 heterocycles. The van der Waals surface area contributed by atoms with E-state index in [9.17, 15) is 10.1 Å². The summed E-state index contributed by atoms with van der Waals surface area (Å²) < 4.78 is 0. The number of hydrogen-bond donors (Lipinski definition) is 0. The third kappa shape index (κ3) is 3.19. The van der Waals surface area contributed by atoms with Crippen molar-refractivity contribution in [2.45, 2.75) is 18.2 Å². The lowest BCUT2D eigenvalue weighted by atomic mass is 10.0. The lowest BCUT2D eigenvalue weighted by Crippen LogP contribution is -2.01. The number of alkyl halides is 1. The Kier molecular flexibility index (Phi) is 4.78. The molecule has 0 aromatic heterocycles. The number of rotatable bonds is 4. The van der Waals surface area contributed by atoms with Gasteiger partial charge < -0.3 is 0 Å². The molecule has 0 saturated heterocycles. The summed E-state index contributed by atoms with van der Waals surface area (Å²) in [5, 5.41) is 11.7. The van der Waals surface area contributed by atoms with Crippen molar-refractivity contribution in [3.8, 4) is 0 Å². The first-order chi connectivity index (χ1) is 9.50. The standard InChI is InChI=1S/C15H13BrClNO2/c1-10-5-4-7-12(15(10)17)13(16)9-11-6-2-3-8-14(11)18(19)20/h2-8,13H,9H2,1H3. The molecule has 0 radical (unpaired) electrons. The topological polar surface area (TPSA) is 43.1 Å². The zero-order valence-electron chi connectivity index (χ0n) is 10.8. The number of halogens is 2. The molecule has 5 heteroatoms. The summed E-state index contributed by atoms with van der Waals surface area (Å²) in [5.74, 6) is 0. The Morgan fingerprint density at radius 1 is 1.25 bits per heavy atom. The summed E-state index contributed by atoms with van der Waals surface area (Å²) >= 11 is 9.88. The first kappa shape index (κ1) is 15.0. The Bertz CT molecular complexity index is 646. The average molecular weight is 355 g/mol. The van der Waals surface area contributed by atoms with Crippen LogP contribution >= 0.6 is 27.5 Å². The van der Waals surface area contributed by atoms with Crippen LogP contribution in [0.25, 0.3) is 0 Å². The molecule has 0 N–H and O–H groups in total. The van der Waals surface area contributed by atoms with E-state index in [1.165, 1.54) is 6.07 Å². The fourth-order valence-corrected chi connectivity index (χ4v) is 3.20. The Morgan fingerprint density at radius 3 is 2.65 bits per heavy atom. The molecule has 0 aliphatic carbocycles. The van der Waals surface area contributed by atoms with Crippen LogP contribution in [0, 0.1) is 17.0 Å². The van der Waals surface area contributed by atoms with Gasteiger partial charge in [0.1, 0.15) is 0 Å². The maximum absolute atomic E-state index is 11.0. The molecule has 3 nitrogen and oxygen atoms in total. The third-order valence-electron chi connectivity index (χ3n) is 3.15. The van der Waals surface area contributed by atoms with Gasteiger partial charge in [-0.05, 0) is 24.5 Å². The zero-order valence-corrected chi connectivity index (χ0v) is 13.2. The molecule has 104 valence electrons. The summed E-state index contributed by atoms with van der Waals surface area (Å²) in [5.41, 5.74) is 2.78. The first-order valence-electron chi connectivity index (χ1n) is 6.12. The molecule has 1 unspecified atom stereocenters. The monoisotopic (exact) mass is 353 g/mol. The number of benzene rings is 2. The van der Waals surface area contributed by atoms with Gasteiger partial charge in [-0.1, -0.05) is 63.9 Å². The second kappa shape index (κ2) is 6.37. The van der Waals surface area contributed by atoms with E-state index in [4.69, 9.17) is 11.6 Å². The van der Waals surface area contributed by atoms with Crippen molar-refractivity contribution in [1.29, 1.82) is 0 Å². The Hall–Kier alpha value is -1.39. The number of nitro groups is 1. The molecule has 0 aliphatic heterocycles. The summed E-state index contributed by atoms with van der Waals surface area (Å²) in [6.45, 7) is 1.94. The van der Waals surface area contributed by atoms with Crippen LogP contribution in [0.5, 0.6) is 0 Å². The van der Waals surface area contributed by atoms with E-state index in [1.54, 1.807) is 18.2 Å². The molecule has 0 amide bonds. The highest BCUT2D eigenvalue weighted by Crippen LogP contribution is 2.35. The maximum Gasteiger partial charge on any atom is 0.272 e. The number of para-hydroxylation sites is 1. The van der Waals surface area contributed by atoms with Gasteiger partial charge in [-0.15, -0.1) is 0 Å². The van der Waals surface area contributed by atoms with E-state index in [-0.39, 0.29) is 15.4 Å². The van der Waals surface area contributed by atoms with Gasteiger partial charge in [0.15, 0.2) is 0 Å². The largest absolute Gasteiger partial charge is 0.272 e. The molecule has 0 fully saturated rings. The lowest BCUT2D eigenvalue weighted by molar-refractivity contribution is -0.385. The Morgan fingerprint density at radius 2 is 1.95 bits per heavy atom. The summed E-state index contributed by atoms with van der Waals surface area (Å²) in [6.07, 6.45) is 0.514. The normalized spacial score (nSPS) is 12.2. The van der Waals surface area contributed by atoms with Gasteiger partial charge >= 0.3 is 0 Å².